The van der Waals surface area contributed by atoms with Gasteiger partial charge in [-0.15, -0.1) is 0 Å². The van der Waals surface area contributed by atoms with E-state index >= 15 is 0 Å². The first-order valence-corrected chi connectivity index (χ1v) is 7.04. The van der Waals surface area contributed by atoms with E-state index in [0.29, 0.717) is 6.04 Å². The summed E-state index contributed by atoms with van der Waals surface area (Å²) in [6, 6.07) is 6.25. The third-order valence-electron chi connectivity index (χ3n) is 3.60. The van der Waals surface area contributed by atoms with Gasteiger partial charge in [-0.2, -0.15) is 0 Å². The standard InChI is InChI=1S/C14H19Cl2N/c1-3-17-14(12-6-9(12)2)8-10-7-11(15)4-5-13(10)16/h4-5,7,9,12,14,17H,3,6,8H2,1-2H3. The second-order valence-electron chi connectivity index (χ2n) is 4.98. The van der Waals surface area contributed by atoms with Crippen LogP contribution in [0.4, 0.5) is 0 Å². The molecule has 1 fully saturated rings. The van der Waals surface area contributed by atoms with Crippen molar-refractivity contribution in [1.29, 1.82) is 0 Å². The lowest BCUT2D eigenvalue weighted by Crippen LogP contribution is -2.33. The van der Waals surface area contributed by atoms with E-state index in [1.165, 1.54) is 6.42 Å². The van der Waals surface area contributed by atoms with Crippen LogP contribution in [-0.4, -0.2) is 12.6 Å². The van der Waals surface area contributed by atoms with Crippen molar-refractivity contribution in [2.45, 2.75) is 32.7 Å². The van der Waals surface area contributed by atoms with Gasteiger partial charge in [0.15, 0.2) is 0 Å². The maximum Gasteiger partial charge on any atom is 0.0439 e. The molecule has 1 N–H and O–H groups in total. The molecular formula is C14H19Cl2N. The van der Waals surface area contributed by atoms with Crippen molar-refractivity contribution in [1.82, 2.24) is 5.32 Å². The summed E-state index contributed by atoms with van der Waals surface area (Å²) in [7, 11) is 0. The first-order chi connectivity index (χ1) is 8.11. The van der Waals surface area contributed by atoms with Crippen molar-refractivity contribution < 1.29 is 0 Å². The van der Waals surface area contributed by atoms with Crippen molar-refractivity contribution in [3.63, 3.8) is 0 Å². The Balaban J connectivity index is 2.08. The molecule has 1 aliphatic carbocycles. The highest BCUT2D eigenvalue weighted by Gasteiger charge is 2.39. The molecule has 94 valence electrons. The van der Waals surface area contributed by atoms with Gasteiger partial charge in [0.05, 0.1) is 0 Å². The number of halogens is 2. The fourth-order valence-electron chi connectivity index (χ4n) is 2.49. The largest absolute Gasteiger partial charge is 0.314 e. The maximum absolute atomic E-state index is 6.22. The lowest BCUT2D eigenvalue weighted by molar-refractivity contribution is 0.454. The molecule has 3 unspecified atom stereocenters. The van der Waals surface area contributed by atoms with E-state index in [1.54, 1.807) is 0 Å². The normalized spacial score (nSPS) is 24.7. The van der Waals surface area contributed by atoms with Gasteiger partial charge in [-0.3, -0.25) is 0 Å². The van der Waals surface area contributed by atoms with Crippen LogP contribution in [0.1, 0.15) is 25.8 Å². The zero-order valence-corrected chi connectivity index (χ0v) is 11.9. The molecule has 1 aromatic rings. The third kappa shape index (κ3) is 3.37. The highest BCUT2D eigenvalue weighted by molar-refractivity contribution is 6.33. The lowest BCUT2D eigenvalue weighted by atomic mass is 10.0. The summed E-state index contributed by atoms with van der Waals surface area (Å²) < 4.78 is 0. The first-order valence-electron chi connectivity index (χ1n) is 6.29. The lowest BCUT2D eigenvalue weighted by Gasteiger charge is -2.18. The number of rotatable bonds is 5. The second kappa shape index (κ2) is 5.60. The Bertz CT molecular complexity index is 392. The Morgan fingerprint density at radius 1 is 1.41 bits per heavy atom. The molecule has 1 nitrogen and oxygen atoms in total. The van der Waals surface area contributed by atoms with Gasteiger partial charge in [-0.1, -0.05) is 37.0 Å². The maximum atomic E-state index is 6.22. The van der Waals surface area contributed by atoms with Crippen LogP contribution in [0, 0.1) is 11.8 Å². The molecule has 3 atom stereocenters. The SMILES string of the molecule is CCNC(Cc1cc(Cl)ccc1Cl)C1CC1C. The molecule has 1 aromatic carbocycles. The van der Waals surface area contributed by atoms with Crippen molar-refractivity contribution in [2.24, 2.45) is 11.8 Å². The summed E-state index contributed by atoms with van der Waals surface area (Å²) in [5.41, 5.74) is 1.16. The van der Waals surface area contributed by atoms with E-state index in [0.717, 1.165) is 40.4 Å². The van der Waals surface area contributed by atoms with E-state index in [4.69, 9.17) is 23.2 Å². The molecule has 0 radical (unpaired) electrons. The van der Waals surface area contributed by atoms with E-state index < -0.39 is 0 Å². The van der Waals surface area contributed by atoms with Crippen molar-refractivity contribution in [2.75, 3.05) is 6.54 Å². The summed E-state index contributed by atoms with van der Waals surface area (Å²) in [6.07, 6.45) is 2.30. The third-order valence-corrected chi connectivity index (χ3v) is 4.21. The molecule has 0 aliphatic heterocycles. The molecule has 0 amide bonds. The Labute approximate surface area is 114 Å². The van der Waals surface area contributed by atoms with E-state index in [9.17, 15) is 0 Å². The zero-order chi connectivity index (χ0) is 12.4. The molecular weight excluding hydrogens is 253 g/mol. The summed E-state index contributed by atoms with van der Waals surface area (Å²) in [5, 5.41) is 5.16. The molecule has 1 aliphatic rings. The van der Waals surface area contributed by atoms with Crippen molar-refractivity contribution in [3.05, 3.63) is 33.8 Å². The van der Waals surface area contributed by atoms with Crippen LogP contribution in [0.25, 0.3) is 0 Å². The average molecular weight is 272 g/mol. The molecule has 1 saturated carbocycles. The number of nitrogens with one attached hydrogen (secondary N) is 1. The topological polar surface area (TPSA) is 12.0 Å². The quantitative estimate of drug-likeness (QED) is 0.848. The smallest absolute Gasteiger partial charge is 0.0439 e. The molecule has 3 heteroatoms. The van der Waals surface area contributed by atoms with Gasteiger partial charge in [0.1, 0.15) is 0 Å². The van der Waals surface area contributed by atoms with Crippen LogP contribution in [0.2, 0.25) is 10.0 Å². The second-order valence-corrected chi connectivity index (χ2v) is 5.82. The molecule has 0 spiro atoms. The number of hydrogen-bond donors (Lipinski definition) is 1. The fraction of sp³-hybridized carbons (Fsp3) is 0.571. The van der Waals surface area contributed by atoms with E-state index in [2.05, 4.69) is 19.2 Å². The van der Waals surface area contributed by atoms with Crippen LogP contribution in [0.15, 0.2) is 18.2 Å². The minimum Gasteiger partial charge on any atom is -0.314 e. The van der Waals surface area contributed by atoms with E-state index in [1.807, 2.05) is 18.2 Å². The summed E-state index contributed by atoms with van der Waals surface area (Å²) >= 11 is 12.2. The van der Waals surface area contributed by atoms with Gasteiger partial charge in [0, 0.05) is 16.1 Å². The van der Waals surface area contributed by atoms with Crippen molar-refractivity contribution >= 4 is 23.2 Å². The summed E-state index contributed by atoms with van der Waals surface area (Å²) in [5.74, 6) is 1.64. The van der Waals surface area contributed by atoms with Gasteiger partial charge in [-0.25, -0.2) is 0 Å². The fourth-order valence-corrected chi connectivity index (χ4v) is 2.87. The Kier molecular flexibility index (Phi) is 4.35. The van der Waals surface area contributed by atoms with Gasteiger partial charge in [-0.05, 0) is 55.0 Å². The van der Waals surface area contributed by atoms with Gasteiger partial charge < -0.3 is 5.32 Å². The number of benzene rings is 1. The molecule has 2 rings (SSSR count). The van der Waals surface area contributed by atoms with Crippen LogP contribution in [-0.2, 0) is 6.42 Å². The Morgan fingerprint density at radius 2 is 2.12 bits per heavy atom. The Hall–Kier alpha value is -0.240. The molecule has 0 bridgehead atoms. The molecule has 0 heterocycles. The Morgan fingerprint density at radius 3 is 2.71 bits per heavy atom. The minimum absolute atomic E-state index is 0.533. The minimum atomic E-state index is 0.533. The molecule has 0 saturated heterocycles. The van der Waals surface area contributed by atoms with Crippen LogP contribution < -0.4 is 5.32 Å². The summed E-state index contributed by atoms with van der Waals surface area (Å²) in [6.45, 7) is 5.47. The number of hydrogen-bond acceptors (Lipinski definition) is 1. The monoisotopic (exact) mass is 271 g/mol. The predicted molar refractivity (Wildman–Crippen MR) is 74.9 cm³/mol. The molecule has 0 aromatic heterocycles. The summed E-state index contributed by atoms with van der Waals surface area (Å²) in [4.78, 5) is 0. The van der Waals surface area contributed by atoms with Crippen LogP contribution >= 0.6 is 23.2 Å². The van der Waals surface area contributed by atoms with E-state index in [-0.39, 0.29) is 0 Å². The highest BCUT2D eigenvalue weighted by atomic mass is 35.5. The predicted octanol–water partition coefficient (Wildman–Crippen LogP) is 4.17. The first kappa shape index (κ1) is 13.2. The number of likely N-dealkylation sites (N-methyl/N-ethyl adjacent to an activating group) is 1. The zero-order valence-electron chi connectivity index (χ0n) is 10.3. The van der Waals surface area contributed by atoms with Crippen LogP contribution in [0.5, 0.6) is 0 Å². The van der Waals surface area contributed by atoms with Crippen LogP contribution in [0.3, 0.4) is 0 Å². The van der Waals surface area contributed by atoms with Gasteiger partial charge >= 0.3 is 0 Å². The van der Waals surface area contributed by atoms with Gasteiger partial charge in [0.2, 0.25) is 0 Å². The van der Waals surface area contributed by atoms with Crippen molar-refractivity contribution in [3.8, 4) is 0 Å². The highest BCUT2D eigenvalue weighted by Crippen LogP contribution is 2.42. The van der Waals surface area contributed by atoms with Gasteiger partial charge in [0.25, 0.3) is 0 Å². The molecule has 17 heavy (non-hydrogen) atoms. The average Bonchev–Trinajstić information content (AvgIpc) is 3.00.